The van der Waals surface area contributed by atoms with E-state index < -0.39 is 0 Å². The summed E-state index contributed by atoms with van der Waals surface area (Å²) in [5.74, 6) is 1.09. The second-order valence-corrected chi connectivity index (χ2v) is 6.10. The van der Waals surface area contributed by atoms with Gasteiger partial charge in [-0.2, -0.15) is 0 Å². The lowest BCUT2D eigenvalue weighted by Crippen LogP contribution is -2.45. The van der Waals surface area contributed by atoms with Crippen molar-refractivity contribution in [2.24, 2.45) is 0 Å². The molecule has 0 aliphatic carbocycles. The number of rotatable bonds is 5. The summed E-state index contributed by atoms with van der Waals surface area (Å²) in [5, 5.41) is 0. The lowest BCUT2D eigenvalue weighted by Gasteiger charge is -2.38. The van der Waals surface area contributed by atoms with Crippen LogP contribution in [0.25, 0.3) is 0 Å². The third-order valence-electron chi connectivity index (χ3n) is 4.50. The fourth-order valence-corrected chi connectivity index (χ4v) is 3.07. The second kappa shape index (κ2) is 7.07. The maximum atomic E-state index is 6.02. The van der Waals surface area contributed by atoms with Crippen LogP contribution in [0.1, 0.15) is 30.8 Å². The van der Waals surface area contributed by atoms with Gasteiger partial charge in [-0.3, -0.25) is 4.90 Å². The number of benzene rings is 1. The largest absolute Gasteiger partial charge is 0.371 e. The van der Waals surface area contributed by atoms with Crippen molar-refractivity contribution in [2.75, 3.05) is 19.7 Å². The molecule has 1 aromatic heterocycles. The molecule has 0 N–H and O–H groups in total. The lowest BCUT2D eigenvalue weighted by atomic mass is 10.1. The Morgan fingerprint density at radius 2 is 2.05 bits per heavy atom. The average Bonchev–Trinajstić information content (AvgIpc) is 2.95. The van der Waals surface area contributed by atoms with Crippen LogP contribution in [-0.2, 0) is 11.3 Å². The number of hydrogen-bond acceptors (Lipinski definition) is 3. The minimum Gasteiger partial charge on any atom is -0.371 e. The minimum absolute atomic E-state index is 0.201. The summed E-state index contributed by atoms with van der Waals surface area (Å²) in [6.45, 7) is 8.24. The molecule has 0 saturated carbocycles. The third kappa shape index (κ3) is 3.57. The maximum absolute atomic E-state index is 6.02. The van der Waals surface area contributed by atoms with Crippen molar-refractivity contribution in [1.82, 2.24) is 14.5 Å². The fourth-order valence-electron chi connectivity index (χ4n) is 3.07. The highest BCUT2D eigenvalue weighted by Gasteiger charge is 2.26. The van der Waals surface area contributed by atoms with E-state index in [4.69, 9.17) is 4.74 Å². The Kier molecular flexibility index (Phi) is 4.90. The number of aryl methyl sites for hydroxylation is 2. The van der Waals surface area contributed by atoms with Crippen LogP contribution >= 0.6 is 0 Å². The second-order valence-electron chi connectivity index (χ2n) is 6.10. The van der Waals surface area contributed by atoms with Crippen LogP contribution in [0.2, 0.25) is 0 Å². The molecule has 1 saturated heterocycles. The summed E-state index contributed by atoms with van der Waals surface area (Å²) in [6.07, 6.45) is 5.28. The molecular weight excluding hydrogens is 274 g/mol. The summed E-state index contributed by atoms with van der Waals surface area (Å²) >= 11 is 0. The van der Waals surface area contributed by atoms with Gasteiger partial charge in [-0.25, -0.2) is 4.98 Å². The summed E-state index contributed by atoms with van der Waals surface area (Å²) in [7, 11) is 0. The van der Waals surface area contributed by atoms with Crippen molar-refractivity contribution in [2.45, 2.75) is 39.0 Å². The van der Waals surface area contributed by atoms with E-state index in [-0.39, 0.29) is 6.10 Å². The summed E-state index contributed by atoms with van der Waals surface area (Å²) in [4.78, 5) is 6.83. The van der Waals surface area contributed by atoms with Crippen molar-refractivity contribution >= 4 is 0 Å². The van der Waals surface area contributed by atoms with E-state index in [2.05, 4.69) is 64.8 Å². The first-order valence-corrected chi connectivity index (χ1v) is 8.12. The van der Waals surface area contributed by atoms with Crippen molar-refractivity contribution < 1.29 is 4.74 Å². The van der Waals surface area contributed by atoms with Gasteiger partial charge in [-0.15, -0.1) is 0 Å². The smallest absolute Gasteiger partial charge is 0.105 e. The molecule has 22 heavy (non-hydrogen) atoms. The van der Waals surface area contributed by atoms with Crippen molar-refractivity contribution in [3.8, 4) is 0 Å². The van der Waals surface area contributed by atoms with Gasteiger partial charge in [0.25, 0.3) is 0 Å². The van der Waals surface area contributed by atoms with Gasteiger partial charge < -0.3 is 9.30 Å². The molecule has 0 amide bonds. The van der Waals surface area contributed by atoms with E-state index >= 15 is 0 Å². The fraction of sp³-hybridized carbons (Fsp3) is 0.500. The van der Waals surface area contributed by atoms with Crippen LogP contribution in [0.5, 0.6) is 0 Å². The topological polar surface area (TPSA) is 30.3 Å². The number of nitrogens with zero attached hydrogens (tertiary/aromatic N) is 3. The van der Waals surface area contributed by atoms with Gasteiger partial charge in [0.2, 0.25) is 0 Å². The van der Waals surface area contributed by atoms with E-state index in [0.29, 0.717) is 6.04 Å². The van der Waals surface area contributed by atoms with Crippen LogP contribution in [0.3, 0.4) is 0 Å². The Bertz CT molecular complexity index is 581. The normalized spacial score (nSPS) is 22.8. The summed E-state index contributed by atoms with van der Waals surface area (Å²) in [5.41, 5.74) is 1.28. The van der Waals surface area contributed by atoms with E-state index in [1.165, 1.54) is 5.56 Å². The molecule has 1 aliphatic rings. The first-order valence-electron chi connectivity index (χ1n) is 8.12. The molecule has 2 aromatic rings. The van der Waals surface area contributed by atoms with Crippen LogP contribution in [0, 0.1) is 6.92 Å². The van der Waals surface area contributed by atoms with Crippen LogP contribution in [-0.4, -0.2) is 40.2 Å². The van der Waals surface area contributed by atoms with E-state index in [9.17, 15) is 0 Å². The molecular formula is C18H25N3O. The summed E-state index contributed by atoms with van der Waals surface area (Å²) < 4.78 is 8.24. The first-order chi connectivity index (χ1) is 10.7. The molecule has 1 aliphatic heterocycles. The predicted octanol–water partition coefficient (Wildman–Crippen LogP) is 3.04. The van der Waals surface area contributed by atoms with Gasteiger partial charge in [0, 0.05) is 38.1 Å². The Hall–Kier alpha value is -1.65. The molecule has 4 heteroatoms. The Morgan fingerprint density at radius 3 is 2.77 bits per heavy atom. The number of aromatic nitrogens is 2. The van der Waals surface area contributed by atoms with Gasteiger partial charge in [0.15, 0.2) is 0 Å². The summed E-state index contributed by atoms with van der Waals surface area (Å²) in [6, 6.07) is 11.0. The van der Waals surface area contributed by atoms with Gasteiger partial charge in [0.05, 0.1) is 12.7 Å². The number of hydrogen-bond donors (Lipinski definition) is 0. The predicted molar refractivity (Wildman–Crippen MR) is 87.8 cm³/mol. The molecule has 3 rings (SSSR count). The zero-order valence-corrected chi connectivity index (χ0v) is 13.5. The third-order valence-corrected chi connectivity index (χ3v) is 4.50. The highest BCUT2D eigenvalue weighted by Crippen LogP contribution is 2.24. The Balaban J connectivity index is 1.54. The Morgan fingerprint density at radius 1 is 1.23 bits per heavy atom. The molecule has 1 aromatic carbocycles. The first kappa shape index (κ1) is 15.3. The highest BCUT2D eigenvalue weighted by molar-refractivity contribution is 5.18. The lowest BCUT2D eigenvalue weighted by molar-refractivity contribution is -0.0604. The van der Waals surface area contributed by atoms with Gasteiger partial charge in [0.1, 0.15) is 5.82 Å². The SMILES string of the molecule is Cc1nccn1CCCN1C[C@@H](c2ccccc2)OC[C@H]1C. The molecule has 2 heterocycles. The number of ether oxygens (including phenoxy) is 1. The van der Waals surface area contributed by atoms with Crippen molar-refractivity contribution in [3.63, 3.8) is 0 Å². The van der Waals surface area contributed by atoms with Gasteiger partial charge >= 0.3 is 0 Å². The molecule has 4 nitrogen and oxygen atoms in total. The van der Waals surface area contributed by atoms with E-state index in [0.717, 1.165) is 38.5 Å². The van der Waals surface area contributed by atoms with Crippen molar-refractivity contribution in [1.29, 1.82) is 0 Å². The molecule has 118 valence electrons. The van der Waals surface area contributed by atoms with E-state index in [1.54, 1.807) is 0 Å². The van der Waals surface area contributed by atoms with Crippen LogP contribution in [0.15, 0.2) is 42.7 Å². The molecule has 2 atom stereocenters. The number of imidazole rings is 1. The minimum atomic E-state index is 0.201. The molecule has 0 bridgehead atoms. The maximum Gasteiger partial charge on any atom is 0.105 e. The van der Waals surface area contributed by atoms with Gasteiger partial charge in [-0.1, -0.05) is 30.3 Å². The molecule has 0 spiro atoms. The molecule has 0 unspecified atom stereocenters. The Labute approximate surface area is 132 Å². The zero-order valence-electron chi connectivity index (χ0n) is 13.5. The number of morpholine rings is 1. The quantitative estimate of drug-likeness (QED) is 0.850. The monoisotopic (exact) mass is 299 g/mol. The highest BCUT2D eigenvalue weighted by atomic mass is 16.5. The average molecular weight is 299 g/mol. The van der Waals surface area contributed by atoms with E-state index in [1.807, 2.05) is 6.20 Å². The standard InChI is InChI=1S/C18H25N3O/c1-15-14-22-18(17-7-4-3-5-8-17)13-21(15)11-6-10-20-12-9-19-16(20)2/h3-5,7-9,12,15,18H,6,10-11,13-14H2,1-2H3/t15-,18+/m1/s1. The molecule has 1 fully saturated rings. The van der Waals surface area contributed by atoms with Crippen molar-refractivity contribution in [3.05, 3.63) is 54.1 Å². The van der Waals surface area contributed by atoms with Crippen LogP contribution in [0.4, 0.5) is 0 Å². The van der Waals surface area contributed by atoms with Gasteiger partial charge in [-0.05, 0) is 25.8 Å². The zero-order chi connectivity index (χ0) is 15.4. The van der Waals surface area contributed by atoms with Crippen LogP contribution < -0.4 is 0 Å². The molecule has 0 radical (unpaired) electrons.